The van der Waals surface area contributed by atoms with Crippen LogP contribution in [0.4, 0.5) is 0 Å². The zero-order valence-electron chi connectivity index (χ0n) is 11.0. The molecule has 0 aliphatic rings. The quantitative estimate of drug-likeness (QED) is 0.596. The van der Waals surface area contributed by atoms with Crippen LogP contribution in [0, 0.1) is 0 Å². The zero-order valence-corrected chi connectivity index (χ0v) is 11.0. The van der Waals surface area contributed by atoms with E-state index in [0.717, 1.165) is 12.8 Å². The molecule has 0 bridgehead atoms. The van der Waals surface area contributed by atoms with Crippen LogP contribution in [0.15, 0.2) is 0 Å². The summed E-state index contributed by atoms with van der Waals surface area (Å²) in [7, 11) is 2.07. The molecule has 0 rings (SSSR count). The molecular weight excluding hydrogens is 186 g/mol. The van der Waals surface area contributed by atoms with E-state index in [2.05, 4.69) is 32.7 Å². The van der Waals surface area contributed by atoms with Crippen LogP contribution in [0.5, 0.6) is 0 Å². The minimum absolute atomic E-state index is 0.247. The Morgan fingerprint density at radius 1 is 0.933 bits per heavy atom. The highest BCUT2D eigenvalue weighted by atomic mass is 16.3. The monoisotopic (exact) mass is 215 g/mol. The van der Waals surface area contributed by atoms with Crippen LogP contribution in [-0.2, 0) is 0 Å². The molecule has 0 aromatic carbocycles. The van der Waals surface area contributed by atoms with Crippen molar-refractivity contribution in [3.63, 3.8) is 0 Å². The summed E-state index contributed by atoms with van der Waals surface area (Å²) in [6, 6.07) is 0.566. The third kappa shape index (κ3) is 6.16. The van der Waals surface area contributed by atoms with E-state index in [1.165, 1.54) is 32.1 Å². The third-order valence-corrected chi connectivity index (χ3v) is 3.11. The highest BCUT2D eigenvalue weighted by Gasteiger charge is 2.19. The fraction of sp³-hybridized carbons (Fsp3) is 1.00. The lowest BCUT2D eigenvalue weighted by Crippen LogP contribution is -2.40. The van der Waals surface area contributed by atoms with Crippen molar-refractivity contribution < 1.29 is 5.11 Å². The first-order valence-electron chi connectivity index (χ1n) is 6.57. The largest absolute Gasteiger partial charge is 0.378 e. The Labute approximate surface area is 95.7 Å². The number of aliphatic hydroxyl groups is 1. The van der Waals surface area contributed by atoms with Crippen molar-refractivity contribution in [1.29, 1.82) is 0 Å². The molecule has 0 aliphatic heterocycles. The molecule has 0 fully saturated rings. The number of rotatable bonds is 9. The van der Waals surface area contributed by atoms with Crippen LogP contribution in [0.3, 0.4) is 0 Å². The maximum Gasteiger partial charge on any atom is 0.107 e. The van der Waals surface area contributed by atoms with E-state index >= 15 is 0 Å². The molecular formula is C13H29NO. The van der Waals surface area contributed by atoms with Crippen molar-refractivity contribution in [2.24, 2.45) is 0 Å². The van der Waals surface area contributed by atoms with Crippen molar-refractivity contribution in [2.75, 3.05) is 7.05 Å². The summed E-state index contributed by atoms with van der Waals surface area (Å²) in [5.74, 6) is 0. The fourth-order valence-corrected chi connectivity index (χ4v) is 2.03. The molecule has 0 amide bonds. The van der Waals surface area contributed by atoms with Crippen LogP contribution < -0.4 is 0 Å². The minimum atomic E-state index is -0.247. The van der Waals surface area contributed by atoms with E-state index in [1.54, 1.807) is 0 Å². The molecule has 0 aliphatic carbocycles. The third-order valence-electron chi connectivity index (χ3n) is 3.11. The molecule has 1 N–H and O–H groups in total. The molecule has 2 unspecified atom stereocenters. The predicted molar refractivity (Wildman–Crippen MR) is 66.9 cm³/mol. The van der Waals surface area contributed by atoms with Gasteiger partial charge in [-0.05, 0) is 26.3 Å². The molecule has 92 valence electrons. The molecule has 0 aromatic heterocycles. The molecule has 2 heteroatoms. The minimum Gasteiger partial charge on any atom is -0.378 e. The van der Waals surface area contributed by atoms with Gasteiger partial charge in [-0.3, -0.25) is 4.90 Å². The van der Waals surface area contributed by atoms with Gasteiger partial charge in [0.15, 0.2) is 0 Å². The molecule has 0 spiro atoms. The lowest BCUT2D eigenvalue weighted by atomic mass is 10.0. The van der Waals surface area contributed by atoms with E-state index in [-0.39, 0.29) is 6.23 Å². The Morgan fingerprint density at radius 3 is 2.00 bits per heavy atom. The normalized spacial score (nSPS) is 15.6. The van der Waals surface area contributed by atoms with Gasteiger partial charge in [0.25, 0.3) is 0 Å². The molecule has 0 saturated carbocycles. The van der Waals surface area contributed by atoms with Gasteiger partial charge in [-0.2, -0.15) is 0 Å². The van der Waals surface area contributed by atoms with Gasteiger partial charge in [0.05, 0.1) is 0 Å². The van der Waals surface area contributed by atoms with Crippen LogP contribution in [-0.4, -0.2) is 29.3 Å². The average molecular weight is 215 g/mol. The second-order valence-corrected chi connectivity index (χ2v) is 4.52. The molecule has 0 aromatic rings. The maximum atomic E-state index is 9.94. The van der Waals surface area contributed by atoms with Gasteiger partial charge in [-0.25, -0.2) is 0 Å². The Balaban J connectivity index is 4.06. The summed E-state index contributed by atoms with van der Waals surface area (Å²) in [6.45, 7) is 6.57. The average Bonchev–Trinajstić information content (AvgIpc) is 2.23. The van der Waals surface area contributed by atoms with Crippen LogP contribution in [0.1, 0.15) is 65.7 Å². The first kappa shape index (κ1) is 14.9. The van der Waals surface area contributed by atoms with Crippen molar-refractivity contribution in [1.82, 2.24) is 4.90 Å². The van der Waals surface area contributed by atoms with Crippen molar-refractivity contribution in [2.45, 2.75) is 78.0 Å². The summed E-state index contributed by atoms with van der Waals surface area (Å²) in [5, 5.41) is 9.94. The standard InChI is InChI=1S/C13H29NO/c1-5-8-11-12(9-6-2)14(4)13(15)10-7-3/h12-13,15H,5-11H2,1-4H3. The lowest BCUT2D eigenvalue weighted by Gasteiger charge is -2.32. The van der Waals surface area contributed by atoms with Gasteiger partial charge in [0, 0.05) is 6.04 Å². The van der Waals surface area contributed by atoms with E-state index in [0.29, 0.717) is 6.04 Å². The van der Waals surface area contributed by atoms with E-state index < -0.39 is 0 Å². The summed E-state index contributed by atoms with van der Waals surface area (Å²) >= 11 is 0. The Morgan fingerprint density at radius 2 is 1.53 bits per heavy atom. The van der Waals surface area contributed by atoms with Gasteiger partial charge in [-0.1, -0.05) is 46.5 Å². The van der Waals surface area contributed by atoms with Gasteiger partial charge in [-0.15, -0.1) is 0 Å². The second-order valence-electron chi connectivity index (χ2n) is 4.52. The maximum absolute atomic E-state index is 9.94. The SMILES string of the molecule is CCCCC(CCC)N(C)C(O)CCC. The predicted octanol–water partition coefficient (Wildman–Crippen LogP) is 3.40. The van der Waals surface area contributed by atoms with Gasteiger partial charge in [0.1, 0.15) is 6.23 Å². The second kappa shape index (κ2) is 9.17. The first-order valence-corrected chi connectivity index (χ1v) is 6.57. The van der Waals surface area contributed by atoms with Gasteiger partial charge < -0.3 is 5.11 Å². The van der Waals surface area contributed by atoms with Crippen LogP contribution in [0.25, 0.3) is 0 Å². The van der Waals surface area contributed by atoms with E-state index in [9.17, 15) is 5.11 Å². The van der Waals surface area contributed by atoms with E-state index in [4.69, 9.17) is 0 Å². The first-order chi connectivity index (χ1) is 7.17. The summed E-state index contributed by atoms with van der Waals surface area (Å²) in [5.41, 5.74) is 0. The summed E-state index contributed by atoms with van der Waals surface area (Å²) in [4.78, 5) is 2.17. The highest BCUT2D eigenvalue weighted by molar-refractivity contribution is 4.70. The van der Waals surface area contributed by atoms with Gasteiger partial charge >= 0.3 is 0 Å². The molecule has 2 nitrogen and oxygen atoms in total. The highest BCUT2D eigenvalue weighted by Crippen LogP contribution is 2.16. The summed E-state index contributed by atoms with van der Waals surface area (Å²) < 4.78 is 0. The molecule has 15 heavy (non-hydrogen) atoms. The Hall–Kier alpha value is -0.0800. The smallest absolute Gasteiger partial charge is 0.107 e. The summed E-state index contributed by atoms with van der Waals surface area (Å²) in [6.07, 6.45) is 7.85. The van der Waals surface area contributed by atoms with Crippen molar-refractivity contribution in [3.05, 3.63) is 0 Å². The number of unbranched alkanes of at least 4 members (excludes halogenated alkanes) is 1. The van der Waals surface area contributed by atoms with E-state index in [1.807, 2.05) is 0 Å². The molecule has 2 atom stereocenters. The van der Waals surface area contributed by atoms with Crippen LogP contribution in [0.2, 0.25) is 0 Å². The fourth-order valence-electron chi connectivity index (χ4n) is 2.03. The Kier molecular flexibility index (Phi) is 9.12. The Bertz CT molecular complexity index is 138. The van der Waals surface area contributed by atoms with Gasteiger partial charge in [0.2, 0.25) is 0 Å². The lowest BCUT2D eigenvalue weighted by molar-refractivity contribution is -0.0170. The number of nitrogens with zero attached hydrogens (tertiary/aromatic N) is 1. The van der Waals surface area contributed by atoms with Crippen molar-refractivity contribution in [3.8, 4) is 0 Å². The zero-order chi connectivity index (χ0) is 11.7. The molecule has 0 radical (unpaired) electrons. The topological polar surface area (TPSA) is 23.5 Å². The van der Waals surface area contributed by atoms with Crippen LogP contribution >= 0.6 is 0 Å². The number of hydrogen-bond donors (Lipinski definition) is 1. The number of aliphatic hydroxyl groups excluding tert-OH is 1. The van der Waals surface area contributed by atoms with Crippen molar-refractivity contribution >= 4 is 0 Å². The molecule has 0 saturated heterocycles. The molecule has 0 heterocycles. The number of hydrogen-bond acceptors (Lipinski definition) is 2.